The SMILES string of the molecule is CNC(=O)C(CCC(=O)O)NC(=O)C(CCC(=O)O)NC(C)(C)C. The van der Waals surface area contributed by atoms with Crippen molar-refractivity contribution < 1.29 is 29.4 Å². The zero-order valence-electron chi connectivity index (χ0n) is 14.5. The maximum atomic E-state index is 12.4. The number of carboxylic acids is 2. The van der Waals surface area contributed by atoms with E-state index < -0.39 is 41.4 Å². The maximum absolute atomic E-state index is 12.4. The van der Waals surface area contributed by atoms with Gasteiger partial charge in [0, 0.05) is 25.4 Å². The number of hydrogen-bond acceptors (Lipinski definition) is 5. The molecule has 0 spiro atoms. The van der Waals surface area contributed by atoms with Crippen molar-refractivity contribution in [3.8, 4) is 0 Å². The van der Waals surface area contributed by atoms with Crippen LogP contribution in [0.5, 0.6) is 0 Å². The molecule has 0 radical (unpaired) electrons. The quantitative estimate of drug-likeness (QED) is 0.365. The van der Waals surface area contributed by atoms with E-state index in [1.807, 2.05) is 20.8 Å². The highest BCUT2D eigenvalue weighted by molar-refractivity contribution is 5.90. The van der Waals surface area contributed by atoms with Gasteiger partial charge in [-0.1, -0.05) is 0 Å². The fourth-order valence-electron chi connectivity index (χ4n) is 2.04. The number of likely N-dealkylation sites (N-methyl/N-ethyl adjacent to an activating group) is 1. The summed E-state index contributed by atoms with van der Waals surface area (Å²) in [6, 6.07) is -1.80. The van der Waals surface area contributed by atoms with Gasteiger partial charge >= 0.3 is 11.9 Å². The lowest BCUT2D eigenvalue weighted by atomic mass is 10.0. The highest BCUT2D eigenvalue weighted by Crippen LogP contribution is 2.08. The summed E-state index contributed by atoms with van der Waals surface area (Å²) in [4.78, 5) is 45.7. The van der Waals surface area contributed by atoms with Gasteiger partial charge in [-0.3, -0.25) is 19.2 Å². The van der Waals surface area contributed by atoms with Crippen molar-refractivity contribution in [3.05, 3.63) is 0 Å². The minimum absolute atomic E-state index is 0.0534. The summed E-state index contributed by atoms with van der Waals surface area (Å²) in [6.45, 7) is 5.48. The van der Waals surface area contributed by atoms with E-state index in [0.717, 1.165) is 0 Å². The van der Waals surface area contributed by atoms with Crippen molar-refractivity contribution in [1.82, 2.24) is 16.0 Å². The molecule has 0 saturated carbocycles. The molecule has 0 bridgehead atoms. The number of nitrogens with one attached hydrogen (secondary N) is 3. The highest BCUT2D eigenvalue weighted by atomic mass is 16.4. The molecule has 0 aromatic rings. The van der Waals surface area contributed by atoms with E-state index in [1.54, 1.807) is 0 Å². The van der Waals surface area contributed by atoms with E-state index in [0.29, 0.717) is 0 Å². The molecule has 0 aliphatic heterocycles. The van der Waals surface area contributed by atoms with Gasteiger partial charge in [-0.05, 0) is 33.6 Å². The molecule has 2 atom stereocenters. The van der Waals surface area contributed by atoms with Gasteiger partial charge in [0.25, 0.3) is 0 Å². The minimum atomic E-state index is -1.08. The van der Waals surface area contributed by atoms with Crippen molar-refractivity contribution in [2.75, 3.05) is 7.05 Å². The Morgan fingerprint density at radius 1 is 0.875 bits per heavy atom. The minimum Gasteiger partial charge on any atom is -0.481 e. The van der Waals surface area contributed by atoms with Crippen LogP contribution < -0.4 is 16.0 Å². The summed E-state index contributed by atoms with van der Waals surface area (Å²) in [5.41, 5.74) is -0.440. The van der Waals surface area contributed by atoms with Crippen LogP contribution in [0.1, 0.15) is 46.5 Å². The van der Waals surface area contributed by atoms with Gasteiger partial charge in [-0.15, -0.1) is 0 Å². The third kappa shape index (κ3) is 9.78. The molecule has 2 unspecified atom stereocenters. The van der Waals surface area contributed by atoms with Crippen LogP contribution in [0.3, 0.4) is 0 Å². The smallest absolute Gasteiger partial charge is 0.303 e. The highest BCUT2D eigenvalue weighted by Gasteiger charge is 2.28. The third-order valence-electron chi connectivity index (χ3n) is 3.10. The summed E-state index contributed by atoms with van der Waals surface area (Å²) in [5, 5.41) is 25.4. The van der Waals surface area contributed by atoms with E-state index >= 15 is 0 Å². The normalized spacial score (nSPS) is 13.7. The molecule has 24 heavy (non-hydrogen) atoms. The molecule has 138 valence electrons. The summed E-state index contributed by atoms with van der Waals surface area (Å²) >= 11 is 0. The third-order valence-corrected chi connectivity index (χ3v) is 3.10. The van der Waals surface area contributed by atoms with Gasteiger partial charge in [0.1, 0.15) is 6.04 Å². The Hall–Kier alpha value is -2.16. The molecule has 2 amide bonds. The first kappa shape index (κ1) is 21.8. The van der Waals surface area contributed by atoms with Crippen LogP contribution in [0.15, 0.2) is 0 Å². The lowest BCUT2D eigenvalue weighted by Crippen LogP contribution is -2.56. The summed E-state index contributed by atoms with van der Waals surface area (Å²) in [6.07, 6.45) is -0.481. The van der Waals surface area contributed by atoms with Gasteiger partial charge in [0.05, 0.1) is 6.04 Å². The van der Waals surface area contributed by atoms with Gasteiger partial charge in [0.15, 0.2) is 0 Å². The Labute approximate surface area is 141 Å². The second-order valence-corrected chi connectivity index (χ2v) is 6.49. The number of amides is 2. The largest absolute Gasteiger partial charge is 0.481 e. The molecule has 0 fully saturated rings. The van der Waals surface area contributed by atoms with E-state index in [9.17, 15) is 19.2 Å². The Kier molecular flexibility index (Phi) is 8.97. The predicted molar refractivity (Wildman–Crippen MR) is 86.4 cm³/mol. The second-order valence-electron chi connectivity index (χ2n) is 6.49. The van der Waals surface area contributed by atoms with Crippen molar-refractivity contribution in [2.45, 2.75) is 64.1 Å². The topological polar surface area (TPSA) is 145 Å². The number of carbonyl (C=O) groups is 4. The van der Waals surface area contributed by atoms with E-state index in [1.165, 1.54) is 7.05 Å². The predicted octanol–water partition coefficient (Wildman–Crippen LogP) is -0.296. The Balaban J connectivity index is 5.02. The van der Waals surface area contributed by atoms with Crippen LogP contribution in [0, 0.1) is 0 Å². The Bertz CT molecular complexity index is 472. The van der Waals surface area contributed by atoms with Crippen LogP contribution in [-0.4, -0.2) is 58.6 Å². The first-order valence-corrected chi connectivity index (χ1v) is 7.69. The average Bonchev–Trinajstić information content (AvgIpc) is 2.45. The van der Waals surface area contributed by atoms with Crippen molar-refractivity contribution in [3.63, 3.8) is 0 Å². The van der Waals surface area contributed by atoms with Gasteiger partial charge in [-0.25, -0.2) is 0 Å². The number of hydrogen-bond donors (Lipinski definition) is 5. The van der Waals surface area contributed by atoms with E-state index in [-0.39, 0.29) is 25.7 Å². The molecular formula is C15H27N3O6. The molecule has 0 aliphatic carbocycles. The molecule has 0 rings (SSSR count). The first-order chi connectivity index (χ1) is 11.0. The molecule has 0 aromatic heterocycles. The second kappa shape index (κ2) is 9.86. The number of aliphatic carboxylic acids is 2. The number of rotatable bonds is 10. The Morgan fingerprint density at radius 2 is 1.33 bits per heavy atom. The van der Waals surface area contributed by atoms with Gasteiger partial charge in [0.2, 0.25) is 11.8 Å². The standard InChI is InChI=1S/C15H27N3O6/c1-15(2,3)18-10(6-8-12(21)22)14(24)17-9(13(23)16-4)5-7-11(19)20/h9-10,18H,5-8H2,1-4H3,(H,16,23)(H,17,24)(H,19,20)(H,21,22). The fraction of sp³-hybridized carbons (Fsp3) is 0.733. The summed E-state index contributed by atoms with van der Waals surface area (Å²) < 4.78 is 0. The maximum Gasteiger partial charge on any atom is 0.303 e. The van der Waals surface area contributed by atoms with Gasteiger partial charge in [-0.2, -0.15) is 0 Å². The van der Waals surface area contributed by atoms with Crippen molar-refractivity contribution in [2.24, 2.45) is 0 Å². The molecule has 5 N–H and O–H groups in total. The van der Waals surface area contributed by atoms with Crippen LogP contribution in [-0.2, 0) is 19.2 Å². The first-order valence-electron chi connectivity index (χ1n) is 7.69. The van der Waals surface area contributed by atoms with Crippen LogP contribution in [0.2, 0.25) is 0 Å². The zero-order chi connectivity index (χ0) is 18.9. The molecular weight excluding hydrogens is 318 g/mol. The lowest BCUT2D eigenvalue weighted by Gasteiger charge is -2.29. The van der Waals surface area contributed by atoms with Crippen molar-refractivity contribution >= 4 is 23.8 Å². The summed E-state index contributed by atoms with van der Waals surface area (Å²) in [7, 11) is 1.39. The van der Waals surface area contributed by atoms with Gasteiger partial charge < -0.3 is 26.2 Å². The molecule has 0 aromatic carbocycles. The van der Waals surface area contributed by atoms with Crippen molar-refractivity contribution in [1.29, 1.82) is 0 Å². The number of carbonyl (C=O) groups excluding carboxylic acids is 2. The lowest BCUT2D eigenvalue weighted by molar-refractivity contribution is -0.139. The molecule has 9 heteroatoms. The Morgan fingerprint density at radius 3 is 1.71 bits per heavy atom. The summed E-state index contributed by atoms with van der Waals surface area (Å²) in [5.74, 6) is -3.15. The molecule has 0 heterocycles. The van der Waals surface area contributed by atoms with E-state index in [4.69, 9.17) is 10.2 Å². The monoisotopic (exact) mass is 345 g/mol. The zero-order valence-corrected chi connectivity index (χ0v) is 14.5. The van der Waals surface area contributed by atoms with E-state index in [2.05, 4.69) is 16.0 Å². The average molecular weight is 345 g/mol. The fourth-order valence-corrected chi connectivity index (χ4v) is 2.04. The molecule has 0 aliphatic rings. The van der Waals surface area contributed by atoms with Crippen LogP contribution >= 0.6 is 0 Å². The van der Waals surface area contributed by atoms with Crippen LogP contribution in [0.25, 0.3) is 0 Å². The molecule has 9 nitrogen and oxygen atoms in total. The number of carboxylic acid groups (broad SMARTS) is 2. The molecule has 0 saturated heterocycles. The van der Waals surface area contributed by atoms with Crippen LogP contribution in [0.4, 0.5) is 0 Å².